The second kappa shape index (κ2) is 9.63. The monoisotopic (exact) mass is 443 g/mol. The average molecular weight is 444 g/mol. The van der Waals surface area contributed by atoms with E-state index in [1.807, 2.05) is 12.1 Å². The first kappa shape index (κ1) is 22.8. The Hall–Kier alpha value is -3.38. The lowest BCUT2D eigenvalue weighted by Gasteiger charge is -2.18. The minimum absolute atomic E-state index is 0.184. The second-order valence-corrected chi connectivity index (χ2v) is 9.10. The Bertz CT molecular complexity index is 1230. The Morgan fingerprint density at radius 1 is 1.12 bits per heavy atom. The van der Waals surface area contributed by atoms with Crippen molar-refractivity contribution < 1.29 is 4.79 Å². The second-order valence-electron chi connectivity index (χ2n) is 9.10. The van der Waals surface area contributed by atoms with Gasteiger partial charge in [0.05, 0.1) is 17.8 Å². The van der Waals surface area contributed by atoms with E-state index < -0.39 is 5.54 Å². The summed E-state index contributed by atoms with van der Waals surface area (Å²) in [5.74, 6) is 0.687. The third-order valence-corrected chi connectivity index (χ3v) is 6.06. The van der Waals surface area contributed by atoms with Crippen LogP contribution in [-0.4, -0.2) is 26.0 Å². The molecule has 0 spiro atoms. The van der Waals surface area contributed by atoms with Crippen LogP contribution in [-0.2, 0) is 37.1 Å². The first-order valence-corrected chi connectivity index (χ1v) is 11.6. The minimum Gasteiger partial charge on any atom is -0.361 e. The Labute approximate surface area is 195 Å². The van der Waals surface area contributed by atoms with E-state index in [4.69, 9.17) is 10.7 Å². The number of carbonyl (C=O) groups excluding carboxylic acids is 1. The van der Waals surface area contributed by atoms with Gasteiger partial charge in [-0.25, -0.2) is 4.98 Å². The van der Waals surface area contributed by atoms with E-state index in [1.165, 1.54) is 22.2 Å². The van der Waals surface area contributed by atoms with E-state index >= 15 is 0 Å². The summed E-state index contributed by atoms with van der Waals surface area (Å²) in [6, 6.07) is 18.8. The fourth-order valence-corrected chi connectivity index (χ4v) is 4.20. The maximum absolute atomic E-state index is 12.4. The van der Waals surface area contributed by atoms with Gasteiger partial charge in [0.2, 0.25) is 5.91 Å². The zero-order valence-electron chi connectivity index (χ0n) is 19.7. The van der Waals surface area contributed by atoms with Crippen LogP contribution in [0.15, 0.2) is 60.8 Å². The summed E-state index contributed by atoms with van der Waals surface area (Å²) in [7, 11) is 0. The standard InChI is InChI=1S/C27H33N5O/c1-4-22-24(16-20-17-29-23-13-9-8-12-21(20)23)32(15-14-19-10-6-5-7-11-19)25(31-22)18-30-26(33)27(2,3)28/h5-13,17,29H,4,14-16,18,28H2,1-3H3,(H,30,33). The molecule has 0 aliphatic carbocycles. The summed E-state index contributed by atoms with van der Waals surface area (Å²) in [4.78, 5) is 20.8. The van der Waals surface area contributed by atoms with Crippen molar-refractivity contribution in [2.24, 2.45) is 5.73 Å². The molecule has 0 saturated heterocycles. The van der Waals surface area contributed by atoms with E-state index in [-0.39, 0.29) is 5.91 Å². The molecule has 2 aromatic carbocycles. The van der Waals surface area contributed by atoms with Crippen LogP contribution in [0.3, 0.4) is 0 Å². The first-order chi connectivity index (χ1) is 15.9. The van der Waals surface area contributed by atoms with Gasteiger partial charge >= 0.3 is 0 Å². The number of hydrogen-bond acceptors (Lipinski definition) is 3. The molecule has 6 nitrogen and oxygen atoms in total. The minimum atomic E-state index is -0.929. The van der Waals surface area contributed by atoms with E-state index in [0.717, 1.165) is 42.8 Å². The summed E-state index contributed by atoms with van der Waals surface area (Å²) in [5, 5.41) is 4.21. The number of aryl methyl sites for hydroxylation is 2. The zero-order valence-corrected chi connectivity index (χ0v) is 19.7. The SMILES string of the molecule is CCc1nc(CNC(=O)C(C)(C)N)n(CCc2ccccc2)c1Cc1c[nH]c2ccccc12. The van der Waals surface area contributed by atoms with Crippen molar-refractivity contribution in [1.82, 2.24) is 19.9 Å². The molecule has 0 radical (unpaired) electrons. The number of hydrogen-bond donors (Lipinski definition) is 3. The molecule has 1 amide bonds. The highest BCUT2D eigenvalue weighted by molar-refractivity contribution is 5.85. The number of carbonyl (C=O) groups is 1. The molecule has 0 saturated carbocycles. The summed E-state index contributed by atoms with van der Waals surface area (Å²) in [6.45, 7) is 6.71. The number of fused-ring (bicyclic) bond motifs is 1. The third-order valence-electron chi connectivity index (χ3n) is 6.06. The lowest BCUT2D eigenvalue weighted by molar-refractivity contribution is -0.125. The van der Waals surface area contributed by atoms with Crippen LogP contribution >= 0.6 is 0 Å². The predicted molar refractivity (Wildman–Crippen MR) is 133 cm³/mol. The molecular weight excluding hydrogens is 410 g/mol. The van der Waals surface area contributed by atoms with Gasteiger partial charge in [-0.2, -0.15) is 0 Å². The van der Waals surface area contributed by atoms with Gasteiger partial charge in [-0.15, -0.1) is 0 Å². The molecule has 0 unspecified atom stereocenters. The number of aromatic amines is 1. The molecular formula is C27H33N5O. The van der Waals surface area contributed by atoms with Crippen molar-refractivity contribution in [2.75, 3.05) is 0 Å². The molecule has 6 heteroatoms. The molecule has 2 aromatic heterocycles. The Balaban J connectivity index is 1.68. The highest BCUT2D eigenvalue weighted by atomic mass is 16.2. The average Bonchev–Trinajstić information content (AvgIpc) is 3.37. The number of rotatable bonds is 9. The van der Waals surface area contributed by atoms with Gasteiger partial charge in [0, 0.05) is 35.8 Å². The molecule has 0 bridgehead atoms. The summed E-state index contributed by atoms with van der Waals surface area (Å²) < 4.78 is 2.29. The molecule has 4 rings (SSSR count). The fraction of sp³-hybridized carbons (Fsp3) is 0.333. The molecule has 0 aliphatic rings. The van der Waals surface area contributed by atoms with Crippen molar-refractivity contribution in [3.05, 3.63) is 89.1 Å². The Morgan fingerprint density at radius 2 is 1.85 bits per heavy atom. The van der Waals surface area contributed by atoms with E-state index in [9.17, 15) is 4.79 Å². The molecule has 172 valence electrons. The number of aromatic nitrogens is 3. The summed E-state index contributed by atoms with van der Waals surface area (Å²) >= 11 is 0. The third kappa shape index (κ3) is 5.17. The number of nitrogens with one attached hydrogen (secondary N) is 2. The lowest BCUT2D eigenvalue weighted by Crippen LogP contribution is -2.49. The first-order valence-electron chi connectivity index (χ1n) is 11.6. The molecule has 33 heavy (non-hydrogen) atoms. The van der Waals surface area contributed by atoms with Crippen LogP contribution in [0, 0.1) is 0 Å². The number of nitrogens with zero attached hydrogens (tertiary/aromatic N) is 2. The molecule has 0 atom stereocenters. The maximum Gasteiger partial charge on any atom is 0.239 e. The molecule has 0 aliphatic heterocycles. The predicted octanol–water partition coefficient (Wildman–Crippen LogP) is 4.11. The van der Waals surface area contributed by atoms with Crippen molar-refractivity contribution in [1.29, 1.82) is 0 Å². The van der Waals surface area contributed by atoms with Gasteiger partial charge < -0.3 is 20.6 Å². The van der Waals surface area contributed by atoms with Crippen molar-refractivity contribution in [3.63, 3.8) is 0 Å². The number of imidazole rings is 1. The number of benzene rings is 2. The maximum atomic E-state index is 12.4. The van der Waals surface area contributed by atoms with Crippen LogP contribution < -0.4 is 11.1 Å². The van der Waals surface area contributed by atoms with Crippen LogP contribution in [0.5, 0.6) is 0 Å². The molecule has 4 aromatic rings. The van der Waals surface area contributed by atoms with Crippen molar-refractivity contribution >= 4 is 16.8 Å². The van der Waals surface area contributed by atoms with Gasteiger partial charge in [-0.05, 0) is 43.9 Å². The lowest BCUT2D eigenvalue weighted by atomic mass is 10.1. The van der Waals surface area contributed by atoms with Gasteiger partial charge in [-0.3, -0.25) is 4.79 Å². The Morgan fingerprint density at radius 3 is 2.58 bits per heavy atom. The van der Waals surface area contributed by atoms with Crippen LogP contribution in [0.4, 0.5) is 0 Å². The quantitative estimate of drug-likeness (QED) is 0.364. The number of amides is 1. The van der Waals surface area contributed by atoms with Gasteiger partial charge in [0.15, 0.2) is 0 Å². The van der Waals surface area contributed by atoms with E-state index in [1.54, 1.807) is 13.8 Å². The zero-order chi connectivity index (χ0) is 23.4. The fourth-order valence-electron chi connectivity index (χ4n) is 4.20. The van der Waals surface area contributed by atoms with Gasteiger partial charge in [0.25, 0.3) is 0 Å². The van der Waals surface area contributed by atoms with Gasteiger partial charge in [0.1, 0.15) is 5.82 Å². The molecule has 2 heterocycles. The summed E-state index contributed by atoms with van der Waals surface area (Å²) in [5.41, 5.74) is 11.0. The highest BCUT2D eigenvalue weighted by Crippen LogP contribution is 2.24. The summed E-state index contributed by atoms with van der Waals surface area (Å²) in [6.07, 6.45) is 4.60. The largest absolute Gasteiger partial charge is 0.361 e. The number of nitrogens with two attached hydrogens (primary N) is 1. The van der Waals surface area contributed by atoms with Crippen molar-refractivity contribution in [2.45, 2.75) is 58.7 Å². The van der Waals surface area contributed by atoms with E-state index in [0.29, 0.717) is 6.54 Å². The van der Waals surface area contributed by atoms with Crippen molar-refractivity contribution in [3.8, 4) is 0 Å². The highest BCUT2D eigenvalue weighted by Gasteiger charge is 2.23. The number of H-pyrrole nitrogens is 1. The number of para-hydroxylation sites is 1. The van der Waals surface area contributed by atoms with Crippen LogP contribution in [0.25, 0.3) is 10.9 Å². The normalized spacial score (nSPS) is 11.8. The molecule has 4 N–H and O–H groups in total. The smallest absolute Gasteiger partial charge is 0.239 e. The van der Waals surface area contributed by atoms with Gasteiger partial charge in [-0.1, -0.05) is 55.5 Å². The topological polar surface area (TPSA) is 88.7 Å². The van der Waals surface area contributed by atoms with E-state index in [2.05, 4.69) is 70.5 Å². The Kier molecular flexibility index (Phi) is 6.65. The van der Waals surface area contributed by atoms with Crippen LogP contribution in [0.2, 0.25) is 0 Å². The molecule has 0 fully saturated rings. The van der Waals surface area contributed by atoms with Crippen LogP contribution in [0.1, 0.15) is 49.1 Å².